The van der Waals surface area contributed by atoms with Gasteiger partial charge in [-0.15, -0.1) is 0 Å². The minimum Gasteiger partial charge on any atom is -0.472 e. The van der Waals surface area contributed by atoms with Crippen molar-refractivity contribution in [2.75, 3.05) is 29.9 Å². The molecule has 2 N–H and O–H groups in total. The Balaban J connectivity index is 1.19. The first kappa shape index (κ1) is 18.6. The molecule has 3 heterocycles. The molecule has 2 fully saturated rings. The molecule has 1 atom stereocenters. The van der Waals surface area contributed by atoms with E-state index in [1.54, 1.807) is 23.7 Å². The van der Waals surface area contributed by atoms with E-state index < -0.39 is 0 Å². The first-order chi connectivity index (χ1) is 14.3. The molecule has 0 unspecified atom stereocenters. The van der Waals surface area contributed by atoms with Crippen LogP contribution in [0.2, 0.25) is 0 Å². The molecule has 0 amide bonds. The summed E-state index contributed by atoms with van der Waals surface area (Å²) in [5, 5.41) is 14.0. The Morgan fingerprint density at radius 2 is 2.07 bits per heavy atom. The van der Waals surface area contributed by atoms with Gasteiger partial charge in [-0.2, -0.15) is 0 Å². The van der Waals surface area contributed by atoms with Crippen molar-refractivity contribution in [2.45, 2.75) is 37.8 Å². The lowest BCUT2D eigenvalue weighted by molar-refractivity contribution is 0.102. The number of anilines is 2. The lowest BCUT2D eigenvalue weighted by atomic mass is 9.89. The number of aliphatic hydroxyl groups is 1. The van der Waals surface area contributed by atoms with E-state index in [1.165, 1.54) is 4.70 Å². The molecule has 3 aromatic rings. The van der Waals surface area contributed by atoms with Crippen molar-refractivity contribution >= 4 is 32.5 Å². The number of ether oxygens (including phenoxy) is 1. The van der Waals surface area contributed by atoms with Gasteiger partial charge in [-0.1, -0.05) is 23.5 Å². The summed E-state index contributed by atoms with van der Waals surface area (Å²) in [6, 6.07) is 8.57. The lowest BCUT2D eigenvalue weighted by Crippen LogP contribution is -2.43. The predicted molar refractivity (Wildman–Crippen MR) is 115 cm³/mol. The van der Waals surface area contributed by atoms with Crippen LogP contribution >= 0.6 is 11.3 Å². The second kappa shape index (κ2) is 8.12. The summed E-state index contributed by atoms with van der Waals surface area (Å²) in [5.41, 5.74) is 1.04. The van der Waals surface area contributed by atoms with Gasteiger partial charge >= 0.3 is 0 Å². The molecule has 2 aromatic heterocycles. The average Bonchev–Trinajstić information content (AvgIpc) is 3.15. The van der Waals surface area contributed by atoms with Crippen molar-refractivity contribution in [1.29, 1.82) is 0 Å². The molecule has 1 aliphatic heterocycles. The maximum absolute atomic E-state index is 9.51. The number of rotatable bonds is 6. The molecule has 5 rings (SSSR count). The second-order valence-corrected chi connectivity index (χ2v) is 8.89. The second-order valence-electron chi connectivity index (χ2n) is 7.86. The number of thiazole rings is 1. The minimum absolute atomic E-state index is 0.135. The summed E-state index contributed by atoms with van der Waals surface area (Å²) in [6.07, 6.45) is 7.49. The quantitative estimate of drug-likeness (QED) is 0.644. The summed E-state index contributed by atoms with van der Waals surface area (Å²) >= 11 is 1.69. The van der Waals surface area contributed by atoms with Gasteiger partial charge in [0.25, 0.3) is 5.88 Å². The Morgan fingerprint density at radius 1 is 1.21 bits per heavy atom. The molecule has 0 spiro atoms. The Labute approximate surface area is 173 Å². The van der Waals surface area contributed by atoms with Crippen molar-refractivity contribution in [2.24, 2.45) is 5.92 Å². The number of piperidine rings is 1. The molecule has 8 heteroatoms. The summed E-state index contributed by atoms with van der Waals surface area (Å²) in [7, 11) is 0. The van der Waals surface area contributed by atoms with Gasteiger partial charge in [0, 0.05) is 51.0 Å². The SMILES string of the molecule is OC[C@H]1CCCN(c2nccnc2O[C@H]2C[C@H](Nc3nc4ccccc4s3)C2)C1. The first-order valence-electron chi connectivity index (χ1n) is 10.2. The highest BCUT2D eigenvalue weighted by Gasteiger charge is 2.33. The number of aliphatic hydroxyl groups excluding tert-OH is 1. The molecular formula is C21H25N5O2S. The lowest BCUT2D eigenvalue weighted by Gasteiger charge is -2.37. The van der Waals surface area contributed by atoms with Crippen LogP contribution in [0.3, 0.4) is 0 Å². The van der Waals surface area contributed by atoms with E-state index in [4.69, 9.17) is 4.74 Å². The largest absolute Gasteiger partial charge is 0.472 e. The fourth-order valence-corrected chi connectivity index (χ4v) is 5.01. The van der Waals surface area contributed by atoms with Crippen LogP contribution in [0.4, 0.5) is 10.9 Å². The van der Waals surface area contributed by atoms with E-state index in [1.807, 2.05) is 18.2 Å². The maximum Gasteiger partial charge on any atom is 0.257 e. The van der Waals surface area contributed by atoms with Gasteiger partial charge < -0.3 is 20.1 Å². The topological polar surface area (TPSA) is 83.4 Å². The van der Waals surface area contributed by atoms with Crippen LogP contribution in [0.5, 0.6) is 5.88 Å². The zero-order chi connectivity index (χ0) is 19.6. The summed E-state index contributed by atoms with van der Waals surface area (Å²) in [4.78, 5) is 15.8. The number of nitrogens with zero attached hydrogens (tertiary/aromatic N) is 4. The molecule has 152 valence electrons. The van der Waals surface area contributed by atoms with Crippen molar-refractivity contribution in [3.8, 4) is 5.88 Å². The van der Waals surface area contributed by atoms with Gasteiger partial charge in [-0.05, 0) is 30.9 Å². The average molecular weight is 412 g/mol. The number of benzene rings is 1. The highest BCUT2D eigenvalue weighted by molar-refractivity contribution is 7.22. The molecule has 2 aliphatic rings. The third-order valence-electron chi connectivity index (χ3n) is 5.72. The van der Waals surface area contributed by atoms with Gasteiger partial charge in [-0.3, -0.25) is 0 Å². The van der Waals surface area contributed by atoms with Crippen LogP contribution in [-0.4, -0.2) is 51.9 Å². The molecule has 0 bridgehead atoms. The monoisotopic (exact) mass is 411 g/mol. The number of hydrogen-bond acceptors (Lipinski definition) is 8. The van der Waals surface area contributed by atoms with Crippen LogP contribution in [-0.2, 0) is 0 Å². The van der Waals surface area contributed by atoms with Gasteiger partial charge in [0.2, 0.25) is 0 Å². The molecule has 7 nitrogen and oxygen atoms in total. The van der Waals surface area contributed by atoms with Crippen molar-refractivity contribution < 1.29 is 9.84 Å². The van der Waals surface area contributed by atoms with Crippen LogP contribution in [0.1, 0.15) is 25.7 Å². The van der Waals surface area contributed by atoms with Gasteiger partial charge in [0.15, 0.2) is 10.9 Å². The molecular weight excluding hydrogens is 386 g/mol. The Morgan fingerprint density at radius 3 is 2.93 bits per heavy atom. The van der Waals surface area contributed by atoms with Gasteiger partial charge in [-0.25, -0.2) is 15.0 Å². The standard InChI is InChI=1S/C21H25N5O2S/c27-13-14-4-3-9-26(12-14)19-20(23-8-7-22-19)28-16-10-15(11-16)24-21-25-17-5-1-2-6-18(17)29-21/h1-2,5-8,14-16,27H,3-4,9-13H2,(H,24,25)/t14-,15-,16-/m0/s1. The number of hydrogen-bond donors (Lipinski definition) is 2. The molecule has 0 radical (unpaired) electrons. The highest BCUT2D eigenvalue weighted by atomic mass is 32.1. The summed E-state index contributed by atoms with van der Waals surface area (Å²) in [6.45, 7) is 1.95. The smallest absolute Gasteiger partial charge is 0.257 e. The van der Waals surface area contributed by atoms with E-state index in [-0.39, 0.29) is 12.7 Å². The number of aromatic nitrogens is 3. The number of nitrogens with one attached hydrogen (secondary N) is 1. The maximum atomic E-state index is 9.51. The Hall–Kier alpha value is -2.45. The third-order valence-corrected chi connectivity index (χ3v) is 6.69. The van der Waals surface area contributed by atoms with Crippen molar-refractivity contribution in [3.05, 3.63) is 36.7 Å². The zero-order valence-electron chi connectivity index (χ0n) is 16.2. The molecule has 1 saturated carbocycles. The van der Waals surface area contributed by atoms with Crippen LogP contribution in [0.25, 0.3) is 10.2 Å². The predicted octanol–water partition coefficient (Wildman–Crippen LogP) is 3.32. The minimum atomic E-state index is 0.135. The molecule has 1 aromatic carbocycles. The fraction of sp³-hybridized carbons (Fsp3) is 0.476. The van der Waals surface area contributed by atoms with Crippen molar-refractivity contribution in [3.63, 3.8) is 0 Å². The van der Waals surface area contributed by atoms with E-state index in [0.717, 1.165) is 55.2 Å². The first-order valence-corrected chi connectivity index (χ1v) is 11.1. The molecule has 1 aliphatic carbocycles. The van der Waals surface area contributed by atoms with Crippen LogP contribution in [0.15, 0.2) is 36.7 Å². The van der Waals surface area contributed by atoms with Gasteiger partial charge in [0.1, 0.15) is 6.10 Å². The summed E-state index contributed by atoms with van der Waals surface area (Å²) in [5.74, 6) is 1.70. The van der Waals surface area contributed by atoms with E-state index >= 15 is 0 Å². The van der Waals surface area contributed by atoms with Crippen LogP contribution < -0.4 is 15.0 Å². The Bertz CT molecular complexity index is 941. The van der Waals surface area contributed by atoms with Crippen molar-refractivity contribution in [1.82, 2.24) is 15.0 Å². The Kier molecular flexibility index (Phi) is 5.20. The molecule has 29 heavy (non-hydrogen) atoms. The van der Waals surface area contributed by atoms with Crippen LogP contribution in [0, 0.1) is 5.92 Å². The summed E-state index contributed by atoms with van der Waals surface area (Å²) < 4.78 is 7.40. The van der Waals surface area contributed by atoms with Gasteiger partial charge in [0.05, 0.1) is 10.2 Å². The molecule has 1 saturated heterocycles. The number of fused-ring (bicyclic) bond motifs is 1. The third kappa shape index (κ3) is 4.00. The van der Waals surface area contributed by atoms with E-state index in [0.29, 0.717) is 17.8 Å². The van der Waals surface area contributed by atoms with E-state index in [2.05, 4.69) is 31.2 Å². The van der Waals surface area contributed by atoms with E-state index in [9.17, 15) is 5.11 Å². The highest BCUT2D eigenvalue weighted by Crippen LogP contribution is 2.34. The zero-order valence-corrected chi connectivity index (χ0v) is 17.0. The fourth-order valence-electron chi connectivity index (χ4n) is 4.07. The normalized spacial score (nSPS) is 24.3. The number of para-hydroxylation sites is 1.